The van der Waals surface area contributed by atoms with Crippen molar-refractivity contribution >= 4 is 16.8 Å². The minimum atomic E-state index is -0.251. The van der Waals surface area contributed by atoms with Gasteiger partial charge in [-0.05, 0) is 60.9 Å². The van der Waals surface area contributed by atoms with Gasteiger partial charge < -0.3 is 15.0 Å². The molecule has 1 amide bonds. The summed E-state index contributed by atoms with van der Waals surface area (Å²) in [7, 11) is 1.60. The Hall–Kier alpha value is -2.82. The molecule has 3 aromatic rings. The molecule has 0 spiro atoms. The number of rotatable bonds is 5. The van der Waals surface area contributed by atoms with Gasteiger partial charge in [0.05, 0.1) is 7.11 Å². The zero-order chi connectivity index (χ0) is 17.4. The largest absolute Gasteiger partial charge is 0.497 e. The van der Waals surface area contributed by atoms with Crippen LogP contribution >= 0.6 is 0 Å². The Labute approximate surface area is 145 Å². The number of aromatic amines is 1. The molecule has 1 aromatic heterocycles. The highest BCUT2D eigenvalue weighted by Crippen LogP contribution is 2.50. The van der Waals surface area contributed by atoms with E-state index < -0.39 is 0 Å². The van der Waals surface area contributed by atoms with Crippen molar-refractivity contribution in [2.75, 3.05) is 13.7 Å². The minimum Gasteiger partial charge on any atom is -0.497 e. The molecule has 1 fully saturated rings. The average Bonchev–Trinajstić information content (AvgIpc) is 3.31. The summed E-state index contributed by atoms with van der Waals surface area (Å²) in [5, 5.41) is 4.06. The van der Waals surface area contributed by atoms with Gasteiger partial charge in [-0.3, -0.25) is 4.79 Å². The highest BCUT2D eigenvalue weighted by Gasteiger charge is 2.45. The van der Waals surface area contributed by atoms with Crippen molar-refractivity contribution in [2.45, 2.75) is 18.3 Å². The van der Waals surface area contributed by atoms with Crippen LogP contribution in [0.1, 0.15) is 28.8 Å². The van der Waals surface area contributed by atoms with Crippen molar-refractivity contribution in [1.29, 1.82) is 0 Å². The lowest BCUT2D eigenvalue weighted by Crippen LogP contribution is -2.32. The number of methoxy groups -OCH3 is 1. The summed E-state index contributed by atoms with van der Waals surface area (Å²) in [6, 6.07) is 11.8. The maximum Gasteiger partial charge on any atom is 0.251 e. The van der Waals surface area contributed by atoms with Crippen LogP contribution < -0.4 is 10.1 Å². The van der Waals surface area contributed by atoms with E-state index in [-0.39, 0.29) is 17.1 Å². The van der Waals surface area contributed by atoms with Gasteiger partial charge in [0.2, 0.25) is 0 Å². The second kappa shape index (κ2) is 5.92. The lowest BCUT2D eigenvalue weighted by Gasteiger charge is -2.16. The molecule has 1 aliphatic carbocycles. The number of ether oxygens (including phenoxy) is 1. The molecule has 128 valence electrons. The number of halogens is 1. The number of hydrogen-bond acceptors (Lipinski definition) is 2. The van der Waals surface area contributed by atoms with Crippen LogP contribution in [0.25, 0.3) is 10.9 Å². The third kappa shape index (κ3) is 2.86. The SMILES string of the molecule is COc1ccc(C(=O)NCC2(c3c[nH]c4cc(F)ccc34)CC2)cc1. The van der Waals surface area contributed by atoms with Gasteiger partial charge in [-0.25, -0.2) is 4.39 Å². The highest BCUT2D eigenvalue weighted by atomic mass is 19.1. The maximum absolute atomic E-state index is 13.4. The van der Waals surface area contributed by atoms with Crippen molar-refractivity contribution in [2.24, 2.45) is 0 Å². The van der Waals surface area contributed by atoms with Crippen LogP contribution in [0.3, 0.4) is 0 Å². The van der Waals surface area contributed by atoms with Crippen LogP contribution in [0.4, 0.5) is 4.39 Å². The van der Waals surface area contributed by atoms with Crippen LogP contribution in [0.2, 0.25) is 0 Å². The van der Waals surface area contributed by atoms with Crippen molar-refractivity contribution in [3.05, 3.63) is 65.6 Å². The Morgan fingerprint density at radius 1 is 1.24 bits per heavy atom. The first-order chi connectivity index (χ1) is 12.1. The molecule has 1 heterocycles. The molecule has 4 nitrogen and oxygen atoms in total. The number of fused-ring (bicyclic) bond motifs is 1. The lowest BCUT2D eigenvalue weighted by molar-refractivity contribution is 0.0949. The van der Waals surface area contributed by atoms with E-state index in [9.17, 15) is 9.18 Å². The fraction of sp³-hybridized carbons (Fsp3) is 0.250. The van der Waals surface area contributed by atoms with Crippen LogP contribution in [-0.4, -0.2) is 24.5 Å². The average molecular weight is 338 g/mol. The van der Waals surface area contributed by atoms with E-state index in [1.54, 1.807) is 31.4 Å². The molecule has 0 bridgehead atoms. The Kier molecular flexibility index (Phi) is 3.71. The third-order valence-corrected chi connectivity index (χ3v) is 5.01. The van der Waals surface area contributed by atoms with Gasteiger partial charge in [0.25, 0.3) is 5.91 Å². The number of carbonyl (C=O) groups excluding carboxylic acids is 1. The monoisotopic (exact) mass is 338 g/mol. The summed E-state index contributed by atoms with van der Waals surface area (Å²) in [6.45, 7) is 0.572. The van der Waals surface area contributed by atoms with Gasteiger partial charge >= 0.3 is 0 Å². The molecule has 5 heteroatoms. The first kappa shape index (κ1) is 15.7. The van der Waals surface area contributed by atoms with E-state index in [1.165, 1.54) is 12.1 Å². The van der Waals surface area contributed by atoms with Crippen molar-refractivity contribution in [1.82, 2.24) is 10.3 Å². The summed E-state index contributed by atoms with van der Waals surface area (Å²) in [5.41, 5.74) is 2.50. The van der Waals surface area contributed by atoms with Gasteiger partial charge in [-0.2, -0.15) is 0 Å². The summed E-state index contributed by atoms with van der Waals surface area (Å²) >= 11 is 0. The molecule has 0 unspecified atom stereocenters. The van der Waals surface area contributed by atoms with E-state index in [2.05, 4.69) is 10.3 Å². The predicted octanol–water partition coefficient (Wildman–Crippen LogP) is 3.78. The Morgan fingerprint density at radius 2 is 2.00 bits per heavy atom. The quantitative estimate of drug-likeness (QED) is 0.744. The Morgan fingerprint density at radius 3 is 2.68 bits per heavy atom. The maximum atomic E-state index is 13.4. The number of benzene rings is 2. The molecular formula is C20H19FN2O2. The second-order valence-electron chi connectivity index (χ2n) is 6.58. The van der Waals surface area contributed by atoms with Crippen LogP contribution in [-0.2, 0) is 5.41 Å². The number of amides is 1. The molecule has 0 saturated heterocycles. The van der Waals surface area contributed by atoms with Crippen LogP contribution in [0, 0.1) is 5.82 Å². The Balaban J connectivity index is 1.50. The van der Waals surface area contributed by atoms with E-state index in [0.717, 1.165) is 35.1 Å². The third-order valence-electron chi connectivity index (χ3n) is 5.01. The molecule has 2 N–H and O–H groups in total. The molecular weight excluding hydrogens is 319 g/mol. The standard InChI is InChI=1S/C20H19FN2O2/c1-25-15-5-2-13(3-6-15)19(24)23-12-20(8-9-20)17-11-22-18-10-14(21)4-7-16(17)18/h2-7,10-11,22H,8-9,12H2,1H3,(H,23,24). The summed E-state index contributed by atoms with van der Waals surface area (Å²) in [4.78, 5) is 15.5. The number of carbonyl (C=O) groups is 1. The zero-order valence-electron chi connectivity index (χ0n) is 13.9. The van der Waals surface area contributed by atoms with E-state index in [4.69, 9.17) is 4.74 Å². The van der Waals surface area contributed by atoms with Crippen LogP contribution in [0.5, 0.6) is 5.75 Å². The normalized spacial score (nSPS) is 15.1. The topological polar surface area (TPSA) is 54.1 Å². The highest BCUT2D eigenvalue weighted by molar-refractivity contribution is 5.94. The number of hydrogen-bond donors (Lipinski definition) is 2. The molecule has 0 radical (unpaired) electrons. The molecule has 1 aliphatic rings. The summed E-state index contributed by atoms with van der Waals surface area (Å²) in [6.07, 6.45) is 3.97. The molecule has 25 heavy (non-hydrogen) atoms. The van der Waals surface area contributed by atoms with Crippen molar-refractivity contribution < 1.29 is 13.9 Å². The molecule has 1 saturated carbocycles. The lowest BCUT2D eigenvalue weighted by atomic mass is 9.95. The fourth-order valence-electron chi connectivity index (χ4n) is 3.32. The fourth-order valence-corrected chi connectivity index (χ4v) is 3.32. The smallest absolute Gasteiger partial charge is 0.251 e. The van der Waals surface area contributed by atoms with Gasteiger partial charge in [0.1, 0.15) is 11.6 Å². The van der Waals surface area contributed by atoms with E-state index in [1.807, 2.05) is 12.3 Å². The number of H-pyrrole nitrogens is 1. The molecule has 4 rings (SSSR count). The Bertz CT molecular complexity index is 927. The predicted molar refractivity (Wildman–Crippen MR) is 94.5 cm³/mol. The summed E-state index contributed by atoms with van der Waals surface area (Å²) < 4.78 is 18.5. The van der Waals surface area contributed by atoms with Crippen molar-refractivity contribution in [3.8, 4) is 5.75 Å². The molecule has 0 aliphatic heterocycles. The van der Waals surface area contributed by atoms with Crippen LogP contribution in [0.15, 0.2) is 48.7 Å². The number of aromatic nitrogens is 1. The van der Waals surface area contributed by atoms with Gasteiger partial charge in [0.15, 0.2) is 0 Å². The van der Waals surface area contributed by atoms with Gasteiger partial charge in [0, 0.05) is 34.6 Å². The molecule has 0 atom stereocenters. The first-order valence-corrected chi connectivity index (χ1v) is 8.31. The van der Waals surface area contributed by atoms with Gasteiger partial charge in [-0.15, -0.1) is 0 Å². The first-order valence-electron chi connectivity index (χ1n) is 8.31. The second-order valence-corrected chi connectivity index (χ2v) is 6.58. The van der Waals surface area contributed by atoms with E-state index in [0.29, 0.717) is 12.1 Å². The number of nitrogens with one attached hydrogen (secondary N) is 2. The van der Waals surface area contributed by atoms with Gasteiger partial charge in [-0.1, -0.05) is 0 Å². The van der Waals surface area contributed by atoms with Crippen molar-refractivity contribution in [3.63, 3.8) is 0 Å². The zero-order valence-corrected chi connectivity index (χ0v) is 13.9. The van der Waals surface area contributed by atoms with E-state index >= 15 is 0 Å². The molecule has 2 aromatic carbocycles. The minimum absolute atomic E-state index is 0.0573. The summed E-state index contributed by atoms with van der Waals surface area (Å²) in [5.74, 6) is 0.375.